The SMILES string of the molecule is CSCC[C@H](NC(=O)/C=C/CNC(=O)OCC1c2ccccc2-c2ccccc21)C(=O)O. The number of benzene rings is 2. The molecule has 32 heavy (non-hydrogen) atoms. The van der Waals surface area contributed by atoms with Crippen LogP contribution in [0.4, 0.5) is 4.79 Å². The molecule has 0 radical (unpaired) electrons. The fraction of sp³-hybridized carbons (Fsp3) is 0.292. The van der Waals surface area contributed by atoms with E-state index in [1.54, 1.807) is 0 Å². The summed E-state index contributed by atoms with van der Waals surface area (Å²) >= 11 is 1.51. The van der Waals surface area contributed by atoms with Crippen molar-refractivity contribution >= 4 is 29.7 Å². The minimum atomic E-state index is -1.07. The number of carboxylic acids is 1. The number of fused-ring (bicyclic) bond motifs is 3. The lowest BCUT2D eigenvalue weighted by molar-refractivity contribution is -0.141. The van der Waals surface area contributed by atoms with E-state index in [2.05, 4.69) is 22.8 Å². The fourth-order valence-corrected chi connectivity index (χ4v) is 4.14. The van der Waals surface area contributed by atoms with Crippen LogP contribution in [-0.2, 0) is 14.3 Å². The topological polar surface area (TPSA) is 105 Å². The minimum absolute atomic E-state index is 0.0243. The molecule has 1 atom stereocenters. The molecular formula is C24H26N2O5S. The van der Waals surface area contributed by atoms with E-state index in [1.807, 2.05) is 42.7 Å². The molecule has 0 bridgehead atoms. The van der Waals surface area contributed by atoms with Gasteiger partial charge in [-0.3, -0.25) is 4.79 Å². The molecule has 2 aromatic carbocycles. The van der Waals surface area contributed by atoms with Gasteiger partial charge in [-0.2, -0.15) is 11.8 Å². The highest BCUT2D eigenvalue weighted by atomic mass is 32.2. The van der Waals surface area contributed by atoms with Crippen LogP contribution in [0.25, 0.3) is 11.1 Å². The van der Waals surface area contributed by atoms with Gasteiger partial charge in [-0.1, -0.05) is 54.6 Å². The summed E-state index contributed by atoms with van der Waals surface area (Å²) in [5.41, 5.74) is 4.58. The van der Waals surface area contributed by atoms with Crippen molar-refractivity contribution in [2.45, 2.75) is 18.4 Å². The van der Waals surface area contributed by atoms with Crippen LogP contribution in [-0.4, -0.2) is 54.3 Å². The summed E-state index contributed by atoms with van der Waals surface area (Å²) in [6.07, 6.45) is 4.28. The number of aliphatic carboxylic acids is 1. The maximum atomic E-state index is 12.1. The lowest BCUT2D eigenvalue weighted by atomic mass is 9.98. The average Bonchev–Trinajstić information content (AvgIpc) is 3.11. The second-order valence-electron chi connectivity index (χ2n) is 7.29. The second-order valence-corrected chi connectivity index (χ2v) is 8.28. The molecule has 0 fully saturated rings. The highest BCUT2D eigenvalue weighted by Gasteiger charge is 2.28. The van der Waals surface area contributed by atoms with Crippen LogP contribution in [0.1, 0.15) is 23.5 Å². The van der Waals surface area contributed by atoms with Crippen molar-refractivity contribution in [1.82, 2.24) is 10.6 Å². The maximum absolute atomic E-state index is 12.1. The van der Waals surface area contributed by atoms with Crippen molar-refractivity contribution in [3.63, 3.8) is 0 Å². The van der Waals surface area contributed by atoms with E-state index in [4.69, 9.17) is 9.84 Å². The number of carbonyl (C=O) groups excluding carboxylic acids is 2. The number of rotatable bonds is 10. The number of carboxylic acid groups (broad SMARTS) is 1. The Morgan fingerprint density at radius 2 is 1.72 bits per heavy atom. The Hall–Kier alpha value is -3.26. The van der Waals surface area contributed by atoms with Crippen LogP contribution >= 0.6 is 11.8 Å². The molecule has 8 heteroatoms. The number of hydrogen-bond donors (Lipinski definition) is 3. The van der Waals surface area contributed by atoms with Crippen LogP contribution in [0.3, 0.4) is 0 Å². The summed E-state index contributed by atoms with van der Waals surface area (Å²) in [7, 11) is 0. The maximum Gasteiger partial charge on any atom is 0.407 e. The zero-order valence-corrected chi connectivity index (χ0v) is 18.6. The van der Waals surface area contributed by atoms with E-state index < -0.39 is 24.0 Å². The highest BCUT2D eigenvalue weighted by Crippen LogP contribution is 2.44. The number of carbonyl (C=O) groups is 3. The minimum Gasteiger partial charge on any atom is -0.480 e. The fourth-order valence-electron chi connectivity index (χ4n) is 3.67. The van der Waals surface area contributed by atoms with Crippen molar-refractivity contribution in [3.05, 3.63) is 71.8 Å². The summed E-state index contributed by atoms with van der Waals surface area (Å²) < 4.78 is 5.42. The number of alkyl carbamates (subject to hydrolysis) is 1. The normalized spacial score (nSPS) is 13.3. The van der Waals surface area contributed by atoms with Gasteiger partial charge in [-0.05, 0) is 40.7 Å². The van der Waals surface area contributed by atoms with Crippen LogP contribution in [0.15, 0.2) is 60.7 Å². The summed E-state index contributed by atoms with van der Waals surface area (Å²) in [6, 6.07) is 15.2. The number of amides is 2. The molecule has 0 aliphatic heterocycles. The quantitative estimate of drug-likeness (QED) is 0.475. The van der Waals surface area contributed by atoms with Gasteiger partial charge in [0.25, 0.3) is 0 Å². The molecule has 0 spiro atoms. The third-order valence-corrected chi connectivity index (χ3v) is 5.85. The Bertz CT molecular complexity index is 962. The van der Waals surface area contributed by atoms with Crippen LogP contribution in [0.5, 0.6) is 0 Å². The lowest BCUT2D eigenvalue weighted by Gasteiger charge is -2.14. The van der Waals surface area contributed by atoms with Crippen molar-refractivity contribution in [2.75, 3.05) is 25.2 Å². The molecular weight excluding hydrogens is 428 g/mol. The van der Waals surface area contributed by atoms with Crippen LogP contribution in [0, 0.1) is 0 Å². The smallest absolute Gasteiger partial charge is 0.407 e. The first-order valence-electron chi connectivity index (χ1n) is 10.3. The Kier molecular flexibility index (Phi) is 8.33. The van der Waals surface area contributed by atoms with Gasteiger partial charge in [0.2, 0.25) is 5.91 Å². The predicted octanol–water partition coefficient (Wildman–Crippen LogP) is 3.40. The molecule has 1 aliphatic carbocycles. The number of nitrogens with one attached hydrogen (secondary N) is 2. The van der Waals surface area contributed by atoms with E-state index in [9.17, 15) is 14.4 Å². The first-order valence-corrected chi connectivity index (χ1v) is 11.7. The summed E-state index contributed by atoms with van der Waals surface area (Å²) in [6.45, 7) is 0.298. The predicted molar refractivity (Wildman–Crippen MR) is 125 cm³/mol. The van der Waals surface area contributed by atoms with E-state index in [0.29, 0.717) is 12.2 Å². The van der Waals surface area contributed by atoms with E-state index in [0.717, 1.165) is 22.3 Å². The van der Waals surface area contributed by atoms with Crippen molar-refractivity contribution in [1.29, 1.82) is 0 Å². The first kappa shape index (κ1) is 23.4. The Balaban J connectivity index is 1.46. The highest BCUT2D eigenvalue weighted by molar-refractivity contribution is 7.98. The largest absolute Gasteiger partial charge is 0.480 e. The summed E-state index contributed by atoms with van der Waals surface area (Å²) in [4.78, 5) is 35.2. The van der Waals surface area contributed by atoms with Gasteiger partial charge in [0.05, 0.1) is 0 Å². The van der Waals surface area contributed by atoms with Crippen molar-refractivity contribution < 1.29 is 24.2 Å². The molecule has 2 aromatic rings. The third-order valence-electron chi connectivity index (χ3n) is 5.20. The summed E-state index contributed by atoms with van der Waals surface area (Å²) in [5, 5.41) is 14.2. The molecule has 3 N–H and O–H groups in total. The lowest BCUT2D eigenvalue weighted by Crippen LogP contribution is -2.40. The van der Waals surface area contributed by atoms with Gasteiger partial charge in [-0.15, -0.1) is 0 Å². The first-order chi connectivity index (χ1) is 15.5. The van der Waals surface area contributed by atoms with Gasteiger partial charge < -0.3 is 20.5 Å². The molecule has 1 aliphatic rings. The number of thioether (sulfide) groups is 1. The Labute approximate surface area is 191 Å². The van der Waals surface area contributed by atoms with Crippen LogP contribution < -0.4 is 10.6 Å². The second kappa shape index (κ2) is 11.4. The van der Waals surface area contributed by atoms with Crippen molar-refractivity contribution in [2.24, 2.45) is 0 Å². The molecule has 0 heterocycles. The average molecular weight is 455 g/mol. The van der Waals surface area contributed by atoms with E-state index in [-0.39, 0.29) is 19.1 Å². The van der Waals surface area contributed by atoms with E-state index in [1.165, 1.54) is 23.9 Å². The number of hydrogen-bond acceptors (Lipinski definition) is 5. The monoisotopic (exact) mass is 454 g/mol. The van der Waals surface area contributed by atoms with Gasteiger partial charge in [0.15, 0.2) is 0 Å². The van der Waals surface area contributed by atoms with Gasteiger partial charge in [0.1, 0.15) is 12.6 Å². The molecule has 168 valence electrons. The molecule has 0 saturated heterocycles. The number of ether oxygens (including phenoxy) is 1. The zero-order valence-electron chi connectivity index (χ0n) is 17.7. The van der Waals surface area contributed by atoms with Gasteiger partial charge in [0, 0.05) is 18.5 Å². The molecule has 0 saturated carbocycles. The van der Waals surface area contributed by atoms with Crippen LogP contribution in [0.2, 0.25) is 0 Å². The van der Waals surface area contributed by atoms with E-state index >= 15 is 0 Å². The Morgan fingerprint density at radius 3 is 2.31 bits per heavy atom. The third kappa shape index (κ3) is 5.91. The molecule has 3 rings (SSSR count). The van der Waals surface area contributed by atoms with Crippen molar-refractivity contribution in [3.8, 4) is 11.1 Å². The standard InChI is InChI=1S/C24H26N2O5S/c1-32-14-12-21(23(28)29)26-22(27)11-6-13-25-24(30)31-15-20-18-9-4-2-7-16(18)17-8-3-5-10-19(17)20/h2-11,20-21H,12-15H2,1H3,(H,25,30)(H,26,27)(H,28,29)/b11-6+/t21-/m0/s1. The molecule has 0 aromatic heterocycles. The molecule has 2 amide bonds. The molecule has 7 nitrogen and oxygen atoms in total. The van der Waals surface area contributed by atoms with Gasteiger partial charge in [-0.25, -0.2) is 9.59 Å². The zero-order chi connectivity index (χ0) is 22.9. The van der Waals surface area contributed by atoms with Gasteiger partial charge >= 0.3 is 12.1 Å². The molecule has 0 unspecified atom stereocenters. The summed E-state index contributed by atoms with van der Waals surface area (Å²) in [5.74, 6) is -0.987. The Morgan fingerprint density at radius 1 is 1.09 bits per heavy atom.